The normalized spacial score (nSPS) is 22.1. The summed E-state index contributed by atoms with van der Waals surface area (Å²) in [4.78, 5) is 32.8. The van der Waals surface area contributed by atoms with E-state index in [0.29, 0.717) is 17.4 Å². The molecule has 196 valence electrons. The molecule has 0 spiro atoms. The number of nitrogens with zero attached hydrogens (tertiary/aromatic N) is 5. The second-order valence-corrected chi connectivity index (χ2v) is 10.9. The highest BCUT2D eigenvalue weighted by Gasteiger charge is 2.25. The second-order valence-electron chi connectivity index (χ2n) is 10.9. The molecule has 3 aliphatic rings. The molecule has 3 saturated heterocycles. The van der Waals surface area contributed by atoms with Crippen molar-refractivity contribution in [3.8, 4) is 0 Å². The van der Waals surface area contributed by atoms with E-state index in [-0.39, 0.29) is 5.91 Å². The molecule has 1 amide bonds. The quantitative estimate of drug-likeness (QED) is 0.477. The van der Waals surface area contributed by atoms with Gasteiger partial charge in [-0.2, -0.15) is 0 Å². The number of nitrogens with one attached hydrogen (secondary N) is 3. The van der Waals surface area contributed by atoms with Crippen LogP contribution in [0.5, 0.6) is 0 Å². The fraction of sp³-hybridized carbons (Fsp3) is 0.536. The van der Waals surface area contributed by atoms with Crippen LogP contribution in [-0.2, 0) is 0 Å². The summed E-state index contributed by atoms with van der Waals surface area (Å²) >= 11 is 0. The Balaban J connectivity index is 1.04. The predicted molar refractivity (Wildman–Crippen MR) is 147 cm³/mol. The van der Waals surface area contributed by atoms with E-state index in [9.17, 15) is 4.79 Å². The number of fused-ring (bicyclic) bond motifs is 1. The molecule has 0 aromatic carbocycles. The highest BCUT2D eigenvalue weighted by atomic mass is 16.1. The molecule has 37 heavy (non-hydrogen) atoms. The number of anilines is 2. The van der Waals surface area contributed by atoms with Crippen molar-refractivity contribution in [1.29, 1.82) is 0 Å². The zero-order chi connectivity index (χ0) is 25.2. The first kappa shape index (κ1) is 24.3. The summed E-state index contributed by atoms with van der Waals surface area (Å²) in [6.45, 7) is 8.74. The van der Waals surface area contributed by atoms with Crippen LogP contribution in [0.15, 0.2) is 36.7 Å². The van der Waals surface area contributed by atoms with Gasteiger partial charge in [-0.05, 0) is 76.5 Å². The number of aromatic amines is 1. The van der Waals surface area contributed by atoms with Gasteiger partial charge in [0.05, 0.1) is 11.1 Å². The summed E-state index contributed by atoms with van der Waals surface area (Å²) in [6.07, 6.45) is 8.46. The summed E-state index contributed by atoms with van der Waals surface area (Å²) in [5.41, 5.74) is 2.75. The Kier molecular flexibility index (Phi) is 7.08. The first-order chi connectivity index (χ1) is 18.1. The van der Waals surface area contributed by atoms with Gasteiger partial charge < -0.3 is 20.5 Å². The highest BCUT2D eigenvalue weighted by Crippen LogP contribution is 2.32. The summed E-state index contributed by atoms with van der Waals surface area (Å²) < 4.78 is 0. The third-order valence-electron chi connectivity index (χ3n) is 8.33. The zero-order valence-corrected chi connectivity index (χ0v) is 21.7. The molecular weight excluding hydrogens is 464 g/mol. The smallest absolute Gasteiger partial charge is 0.258 e. The number of hydrogen-bond acceptors (Lipinski definition) is 7. The first-order valence-electron chi connectivity index (χ1n) is 13.8. The lowest BCUT2D eigenvalue weighted by Gasteiger charge is -2.37. The molecule has 9 nitrogen and oxygen atoms in total. The number of likely N-dealkylation sites (tertiary alicyclic amines) is 1. The number of H-pyrrole nitrogens is 1. The molecule has 1 atom stereocenters. The van der Waals surface area contributed by atoms with Crippen LogP contribution in [0.1, 0.15) is 47.8 Å². The monoisotopic (exact) mass is 502 g/mol. The summed E-state index contributed by atoms with van der Waals surface area (Å²) in [6, 6.07) is 8.34. The van der Waals surface area contributed by atoms with Crippen molar-refractivity contribution < 1.29 is 4.79 Å². The van der Waals surface area contributed by atoms with Crippen molar-refractivity contribution in [2.45, 2.75) is 31.7 Å². The van der Waals surface area contributed by atoms with E-state index in [0.717, 1.165) is 74.9 Å². The van der Waals surface area contributed by atoms with Gasteiger partial charge in [-0.1, -0.05) is 0 Å². The average Bonchev–Trinajstić information content (AvgIpc) is 3.55. The molecule has 3 aromatic rings. The lowest BCUT2D eigenvalue weighted by atomic mass is 9.97. The van der Waals surface area contributed by atoms with Gasteiger partial charge in [-0.25, -0.2) is 9.97 Å². The maximum atomic E-state index is 12.9. The summed E-state index contributed by atoms with van der Waals surface area (Å²) in [5.74, 6) is 2.11. The van der Waals surface area contributed by atoms with Gasteiger partial charge in [0.25, 0.3) is 5.91 Å². The molecule has 0 radical (unpaired) electrons. The number of piperazine rings is 1. The van der Waals surface area contributed by atoms with Gasteiger partial charge in [0.15, 0.2) is 0 Å². The van der Waals surface area contributed by atoms with Crippen molar-refractivity contribution in [3.63, 3.8) is 0 Å². The Morgan fingerprint density at radius 3 is 2.59 bits per heavy atom. The lowest BCUT2D eigenvalue weighted by Crippen LogP contribution is -2.48. The second kappa shape index (κ2) is 10.8. The number of carbonyl (C=O) groups is 1. The van der Waals surface area contributed by atoms with Crippen LogP contribution in [0.4, 0.5) is 11.6 Å². The van der Waals surface area contributed by atoms with E-state index in [1.54, 1.807) is 6.20 Å². The molecule has 3 aromatic heterocycles. The lowest BCUT2D eigenvalue weighted by molar-refractivity contribution is 0.102. The van der Waals surface area contributed by atoms with Crippen LogP contribution in [0.3, 0.4) is 0 Å². The van der Waals surface area contributed by atoms with E-state index < -0.39 is 0 Å². The minimum Gasteiger partial charge on any atom is -0.357 e. The van der Waals surface area contributed by atoms with Crippen LogP contribution in [0.25, 0.3) is 10.9 Å². The third-order valence-corrected chi connectivity index (χ3v) is 8.33. The molecule has 3 N–H and O–H groups in total. The van der Waals surface area contributed by atoms with Gasteiger partial charge in [-0.3, -0.25) is 14.6 Å². The first-order valence-corrected chi connectivity index (χ1v) is 13.8. The van der Waals surface area contributed by atoms with Gasteiger partial charge in [0, 0.05) is 68.3 Å². The number of aromatic nitrogens is 3. The van der Waals surface area contributed by atoms with Crippen molar-refractivity contribution in [2.24, 2.45) is 5.92 Å². The molecule has 0 saturated carbocycles. The molecule has 3 fully saturated rings. The van der Waals surface area contributed by atoms with E-state index in [2.05, 4.69) is 53.4 Å². The number of amides is 1. The van der Waals surface area contributed by atoms with Crippen molar-refractivity contribution in [3.05, 3.63) is 47.9 Å². The Morgan fingerprint density at radius 1 is 1.03 bits per heavy atom. The van der Waals surface area contributed by atoms with Crippen LogP contribution in [0.2, 0.25) is 0 Å². The van der Waals surface area contributed by atoms with E-state index in [4.69, 9.17) is 0 Å². The molecular formula is C28H38N8O. The molecule has 0 aliphatic carbocycles. The van der Waals surface area contributed by atoms with Crippen LogP contribution < -0.4 is 15.5 Å². The fourth-order valence-electron chi connectivity index (χ4n) is 6.08. The van der Waals surface area contributed by atoms with Gasteiger partial charge in [0.2, 0.25) is 0 Å². The average molecular weight is 503 g/mol. The summed E-state index contributed by atoms with van der Waals surface area (Å²) in [7, 11) is 2.17. The number of piperidine rings is 1. The van der Waals surface area contributed by atoms with Crippen molar-refractivity contribution in [1.82, 2.24) is 30.1 Å². The maximum Gasteiger partial charge on any atom is 0.258 e. The van der Waals surface area contributed by atoms with Gasteiger partial charge >= 0.3 is 0 Å². The number of pyridine rings is 2. The minimum absolute atomic E-state index is 0.194. The Bertz CT molecular complexity index is 1210. The van der Waals surface area contributed by atoms with Crippen LogP contribution in [-0.4, -0.2) is 90.1 Å². The van der Waals surface area contributed by atoms with Crippen molar-refractivity contribution >= 4 is 28.4 Å². The van der Waals surface area contributed by atoms with Crippen molar-refractivity contribution in [2.75, 3.05) is 69.6 Å². The molecule has 6 heterocycles. The molecule has 0 bridgehead atoms. The maximum absolute atomic E-state index is 12.9. The molecule has 9 heteroatoms. The molecule has 6 rings (SSSR count). The highest BCUT2D eigenvalue weighted by molar-refractivity contribution is 6.04. The van der Waals surface area contributed by atoms with E-state index >= 15 is 0 Å². The fourth-order valence-corrected chi connectivity index (χ4v) is 6.08. The molecule has 3 aliphatic heterocycles. The Hall–Kier alpha value is -3.01. The van der Waals surface area contributed by atoms with Crippen LogP contribution in [0, 0.1) is 5.92 Å². The minimum atomic E-state index is -0.194. The third kappa shape index (κ3) is 5.49. The van der Waals surface area contributed by atoms with Crippen LogP contribution >= 0.6 is 0 Å². The standard InChI is InChI=1S/C28H38N8O/c1-34-10-2-3-25(34)24-15-22-18-30-26(16-23(22)32-24)33-28(37)21-4-5-27(31-17-21)36-13-11-35(12-14-36)19-20-6-8-29-9-7-20/h4-5,15-18,20,25,29,32H,2-3,6-14,19H2,1H3,(H,30,33,37)/t25-/m1/s1. The number of rotatable bonds is 6. The largest absolute Gasteiger partial charge is 0.357 e. The topological polar surface area (TPSA) is 92.4 Å². The van der Waals surface area contributed by atoms with E-state index in [1.165, 1.54) is 31.5 Å². The Labute approximate surface area is 218 Å². The predicted octanol–water partition coefficient (Wildman–Crippen LogP) is 3.10. The SMILES string of the molecule is CN1CCC[C@@H]1c1cc2cnc(NC(=O)c3ccc(N4CCN(CC5CCNCC5)CC4)nc3)cc2[nH]1. The number of hydrogen-bond donors (Lipinski definition) is 3. The van der Waals surface area contributed by atoms with E-state index in [1.807, 2.05) is 24.4 Å². The van der Waals surface area contributed by atoms with Gasteiger partial charge in [0.1, 0.15) is 11.6 Å². The number of carbonyl (C=O) groups excluding carboxylic acids is 1. The van der Waals surface area contributed by atoms with Gasteiger partial charge in [-0.15, -0.1) is 0 Å². The molecule has 0 unspecified atom stereocenters. The Morgan fingerprint density at radius 2 is 1.86 bits per heavy atom. The zero-order valence-electron chi connectivity index (χ0n) is 21.7. The summed E-state index contributed by atoms with van der Waals surface area (Å²) in [5, 5.41) is 7.46.